The van der Waals surface area contributed by atoms with Crippen LogP contribution in [0, 0.1) is 0 Å². The number of carbonyl (C=O) groups is 2. The van der Waals surface area contributed by atoms with Gasteiger partial charge in [0.15, 0.2) is 0 Å². The van der Waals surface area contributed by atoms with E-state index in [1.54, 1.807) is 24.5 Å². The lowest BCUT2D eigenvalue weighted by molar-refractivity contribution is -0.127. The van der Waals surface area contributed by atoms with Crippen LogP contribution in [0.3, 0.4) is 0 Å². The second kappa shape index (κ2) is 8.77. The zero-order valence-electron chi connectivity index (χ0n) is 15.8. The highest BCUT2D eigenvalue weighted by atomic mass is 16.2. The van der Waals surface area contributed by atoms with Crippen LogP contribution in [0.2, 0.25) is 0 Å². The molecule has 2 heterocycles. The molecular formula is C21H26N4O2. The van der Waals surface area contributed by atoms with Crippen molar-refractivity contribution in [1.82, 2.24) is 20.1 Å². The lowest BCUT2D eigenvalue weighted by atomic mass is 10.1. The van der Waals surface area contributed by atoms with Gasteiger partial charge in [-0.05, 0) is 31.5 Å². The minimum Gasteiger partial charge on any atom is -0.348 e. The van der Waals surface area contributed by atoms with Gasteiger partial charge in [0.25, 0.3) is 5.91 Å². The van der Waals surface area contributed by atoms with E-state index in [4.69, 9.17) is 0 Å². The number of pyridine rings is 1. The van der Waals surface area contributed by atoms with Gasteiger partial charge in [0.2, 0.25) is 5.91 Å². The Kier molecular flexibility index (Phi) is 6.19. The zero-order valence-corrected chi connectivity index (χ0v) is 15.8. The van der Waals surface area contributed by atoms with Crippen molar-refractivity contribution < 1.29 is 9.59 Å². The van der Waals surface area contributed by atoms with Crippen LogP contribution in [0.4, 0.5) is 0 Å². The minimum absolute atomic E-state index is 0.00226. The van der Waals surface area contributed by atoms with Gasteiger partial charge in [-0.1, -0.05) is 30.3 Å². The minimum atomic E-state index is -0.230. The first-order valence-corrected chi connectivity index (χ1v) is 9.35. The predicted molar refractivity (Wildman–Crippen MR) is 104 cm³/mol. The lowest BCUT2D eigenvalue weighted by Gasteiger charge is -2.37. The third-order valence-corrected chi connectivity index (χ3v) is 5.10. The van der Waals surface area contributed by atoms with E-state index in [-0.39, 0.29) is 23.9 Å². The summed E-state index contributed by atoms with van der Waals surface area (Å²) in [6.45, 7) is 6.50. The first-order chi connectivity index (χ1) is 13.1. The number of hydrogen-bond donors (Lipinski definition) is 1. The fourth-order valence-electron chi connectivity index (χ4n) is 3.31. The van der Waals surface area contributed by atoms with Crippen LogP contribution in [0.1, 0.15) is 35.8 Å². The van der Waals surface area contributed by atoms with E-state index in [1.807, 2.05) is 49.1 Å². The SMILES string of the molecule is C[C@H](C(=O)N[C@H](C)c1ccccc1)N1CCN(C(=O)c2cccnc2)CC1. The van der Waals surface area contributed by atoms with Gasteiger partial charge in [-0.25, -0.2) is 0 Å². The molecule has 0 saturated carbocycles. The first-order valence-electron chi connectivity index (χ1n) is 9.35. The summed E-state index contributed by atoms with van der Waals surface area (Å²) in [6.07, 6.45) is 3.25. The van der Waals surface area contributed by atoms with E-state index < -0.39 is 0 Å². The van der Waals surface area contributed by atoms with Crippen LogP contribution in [0.5, 0.6) is 0 Å². The van der Waals surface area contributed by atoms with Crippen molar-refractivity contribution in [2.24, 2.45) is 0 Å². The molecule has 1 aromatic carbocycles. The molecule has 3 rings (SSSR count). The Balaban J connectivity index is 1.51. The summed E-state index contributed by atoms with van der Waals surface area (Å²) < 4.78 is 0. The summed E-state index contributed by atoms with van der Waals surface area (Å²) >= 11 is 0. The fourth-order valence-corrected chi connectivity index (χ4v) is 3.31. The molecule has 1 aliphatic rings. The zero-order chi connectivity index (χ0) is 19.2. The molecule has 0 spiro atoms. The largest absolute Gasteiger partial charge is 0.348 e. The van der Waals surface area contributed by atoms with E-state index in [9.17, 15) is 9.59 Å². The molecule has 1 aromatic heterocycles. The van der Waals surface area contributed by atoms with Gasteiger partial charge < -0.3 is 10.2 Å². The number of benzene rings is 1. The summed E-state index contributed by atoms with van der Waals surface area (Å²) in [5.41, 5.74) is 1.69. The molecule has 1 saturated heterocycles. The molecule has 0 radical (unpaired) electrons. The summed E-state index contributed by atoms with van der Waals surface area (Å²) in [7, 11) is 0. The van der Waals surface area contributed by atoms with E-state index >= 15 is 0 Å². The average molecular weight is 366 g/mol. The van der Waals surface area contributed by atoms with Crippen molar-refractivity contribution in [3.63, 3.8) is 0 Å². The van der Waals surface area contributed by atoms with Crippen molar-refractivity contribution in [2.45, 2.75) is 25.9 Å². The number of nitrogens with zero attached hydrogens (tertiary/aromatic N) is 3. The predicted octanol–water partition coefficient (Wildman–Crippen LogP) is 2.11. The second-order valence-corrected chi connectivity index (χ2v) is 6.89. The van der Waals surface area contributed by atoms with Gasteiger partial charge in [0.1, 0.15) is 0 Å². The van der Waals surface area contributed by atoms with Crippen LogP contribution in [0.25, 0.3) is 0 Å². The topological polar surface area (TPSA) is 65.5 Å². The number of rotatable bonds is 5. The van der Waals surface area contributed by atoms with Gasteiger partial charge in [0.05, 0.1) is 17.6 Å². The normalized spacial score (nSPS) is 17.2. The van der Waals surface area contributed by atoms with Gasteiger partial charge in [0, 0.05) is 38.6 Å². The number of hydrogen-bond acceptors (Lipinski definition) is 4. The summed E-state index contributed by atoms with van der Waals surface area (Å²) in [4.78, 5) is 33.1. The Morgan fingerprint density at radius 2 is 1.70 bits per heavy atom. The van der Waals surface area contributed by atoms with E-state index in [1.165, 1.54) is 0 Å². The summed E-state index contributed by atoms with van der Waals surface area (Å²) in [6, 6.07) is 13.2. The summed E-state index contributed by atoms with van der Waals surface area (Å²) in [5.74, 6) is 0.0101. The Labute approximate surface area is 160 Å². The Bertz CT molecular complexity index is 758. The molecule has 2 atom stereocenters. The standard InChI is InChI=1S/C21H26N4O2/c1-16(18-7-4-3-5-8-18)23-20(26)17(2)24-11-13-25(14-12-24)21(27)19-9-6-10-22-15-19/h3-10,15-17H,11-14H2,1-2H3,(H,23,26)/t16-,17-/m1/s1. The van der Waals surface area contributed by atoms with Crippen LogP contribution in [-0.2, 0) is 4.79 Å². The lowest BCUT2D eigenvalue weighted by Crippen LogP contribution is -2.55. The van der Waals surface area contributed by atoms with Gasteiger partial charge in [-0.15, -0.1) is 0 Å². The van der Waals surface area contributed by atoms with E-state index in [0.717, 1.165) is 5.56 Å². The molecule has 0 aliphatic carbocycles. The molecule has 142 valence electrons. The van der Waals surface area contributed by atoms with Gasteiger partial charge in [-0.2, -0.15) is 0 Å². The molecule has 2 amide bonds. The first kappa shape index (κ1) is 19.0. The molecule has 1 aliphatic heterocycles. The number of carbonyl (C=O) groups excluding carboxylic acids is 2. The van der Waals surface area contributed by atoms with Crippen molar-refractivity contribution >= 4 is 11.8 Å². The monoisotopic (exact) mass is 366 g/mol. The molecule has 2 aromatic rings. The maximum absolute atomic E-state index is 12.6. The van der Waals surface area contributed by atoms with Crippen LogP contribution in [-0.4, -0.2) is 58.8 Å². The highest BCUT2D eigenvalue weighted by Gasteiger charge is 2.28. The highest BCUT2D eigenvalue weighted by Crippen LogP contribution is 2.14. The Morgan fingerprint density at radius 3 is 2.33 bits per heavy atom. The average Bonchev–Trinajstić information content (AvgIpc) is 2.74. The molecule has 1 fully saturated rings. The molecule has 0 bridgehead atoms. The fraction of sp³-hybridized carbons (Fsp3) is 0.381. The van der Waals surface area contributed by atoms with Crippen LogP contribution >= 0.6 is 0 Å². The van der Waals surface area contributed by atoms with Crippen molar-refractivity contribution in [3.8, 4) is 0 Å². The second-order valence-electron chi connectivity index (χ2n) is 6.89. The van der Waals surface area contributed by atoms with Crippen molar-refractivity contribution in [3.05, 3.63) is 66.0 Å². The molecule has 6 heteroatoms. The number of amides is 2. The molecule has 6 nitrogen and oxygen atoms in total. The quantitative estimate of drug-likeness (QED) is 0.880. The molecular weight excluding hydrogens is 340 g/mol. The number of aromatic nitrogens is 1. The van der Waals surface area contributed by atoms with E-state index in [2.05, 4.69) is 15.2 Å². The molecule has 0 unspecified atom stereocenters. The third-order valence-electron chi connectivity index (χ3n) is 5.10. The smallest absolute Gasteiger partial charge is 0.255 e. The van der Waals surface area contributed by atoms with Crippen LogP contribution in [0.15, 0.2) is 54.9 Å². The maximum atomic E-state index is 12.6. The van der Waals surface area contributed by atoms with E-state index in [0.29, 0.717) is 31.7 Å². The van der Waals surface area contributed by atoms with Gasteiger partial charge >= 0.3 is 0 Å². The maximum Gasteiger partial charge on any atom is 0.255 e. The summed E-state index contributed by atoms with van der Waals surface area (Å²) in [5, 5.41) is 3.08. The number of nitrogens with one attached hydrogen (secondary N) is 1. The molecule has 27 heavy (non-hydrogen) atoms. The third kappa shape index (κ3) is 4.71. The van der Waals surface area contributed by atoms with Crippen LogP contribution < -0.4 is 5.32 Å². The number of piperazine rings is 1. The van der Waals surface area contributed by atoms with Gasteiger partial charge in [-0.3, -0.25) is 19.5 Å². The van der Waals surface area contributed by atoms with Crippen molar-refractivity contribution in [2.75, 3.05) is 26.2 Å². The van der Waals surface area contributed by atoms with Crippen molar-refractivity contribution in [1.29, 1.82) is 0 Å². The Morgan fingerprint density at radius 1 is 1.00 bits per heavy atom. The Hall–Kier alpha value is -2.73. The molecule has 1 N–H and O–H groups in total. The highest BCUT2D eigenvalue weighted by molar-refractivity contribution is 5.94.